The maximum Gasteiger partial charge on any atom is 0.394 e. The number of nitrogens with zero attached hydrogens (tertiary/aromatic N) is 1. The lowest BCUT2D eigenvalue weighted by Crippen LogP contribution is -2.41. The molecule has 0 saturated carbocycles. The van der Waals surface area contributed by atoms with Crippen LogP contribution in [0.4, 0.5) is 5.00 Å². The van der Waals surface area contributed by atoms with Crippen molar-refractivity contribution in [2.24, 2.45) is 0 Å². The number of aliphatic carboxylic acids is 1. The molecule has 1 aliphatic rings. The van der Waals surface area contributed by atoms with Gasteiger partial charge in [0, 0.05) is 35.4 Å². The van der Waals surface area contributed by atoms with Crippen LogP contribution in [0.15, 0.2) is 54.6 Å². The first kappa shape index (κ1) is 26.9. The average Bonchev–Trinajstić information content (AvgIpc) is 3.54. The Labute approximate surface area is 232 Å². The van der Waals surface area contributed by atoms with Crippen LogP contribution in [-0.2, 0) is 22.6 Å². The van der Waals surface area contributed by atoms with Crippen LogP contribution in [0, 0.1) is 0 Å². The molecule has 0 radical (unpaired) electrons. The second-order valence-electron chi connectivity index (χ2n) is 9.28. The summed E-state index contributed by atoms with van der Waals surface area (Å²) in [4.78, 5) is 54.2. The Morgan fingerprint density at radius 2 is 1.85 bits per heavy atom. The van der Waals surface area contributed by atoms with E-state index in [-0.39, 0.29) is 23.0 Å². The molecular formula is C28H26N4O7S. The summed E-state index contributed by atoms with van der Waals surface area (Å²) in [6.07, 6.45) is 0.374. The Morgan fingerprint density at radius 1 is 1.10 bits per heavy atom. The molecule has 3 heterocycles. The molecule has 5 rings (SSSR count). The summed E-state index contributed by atoms with van der Waals surface area (Å²) in [7, 11) is 1.59. The molecule has 206 valence electrons. The maximum atomic E-state index is 13.1. The fourth-order valence-corrected chi connectivity index (χ4v) is 6.28. The van der Waals surface area contributed by atoms with Crippen LogP contribution < -0.4 is 15.4 Å². The molecule has 4 aromatic rings. The zero-order valence-corrected chi connectivity index (χ0v) is 22.2. The van der Waals surface area contributed by atoms with E-state index in [2.05, 4.69) is 20.5 Å². The van der Waals surface area contributed by atoms with Gasteiger partial charge in [-0.15, -0.1) is 11.3 Å². The van der Waals surface area contributed by atoms with Gasteiger partial charge in [0.05, 0.1) is 18.7 Å². The molecule has 12 heteroatoms. The van der Waals surface area contributed by atoms with Gasteiger partial charge in [0.2, 0.25) is 0 Å². The monoisotopic (exact) mass is 562 g/mol. The number of rotatable bonds is 8. The number of benzene rings is 2. The fraction of sp³-hybridized carbons (Fsp3) is 0.214. The number of H-pyrrole nitrogens is 1. The van der Waals surface area contributed by atoms with Crippen molar-refractivity contribution in [1.29, 1.82) is 0 Å². The van der Waals surface area contributed by atoms with Crippen molar-refractivity contribution in [3.63, 3.8) is 0 Å². The summed E-state index contributed by atoms with van der Waals surface area (Å²) in [5, 5.41) is 25.1. The number of para-hydroxylation sites is 1. The smallest absolute Gasteiger partial charge is 0.394 e. The van der Waals surface area contributed by atoms with Crippen molar-refractivity contribution >= 4 is 51.0 Å². The van der Waals surface area contributed by atoms with E-state index >= 15 is 0 Å². The van der Waals surface area contributed by atoms with E-state index in [1.165, 1.54) is 0 Å². The number of carboxylic acid groups (broad SMARTS) is 2. The summed E-state index contributed by atoms with van der Waals surface area (Å²) in [5.41, 5.74) is 2.62. The highest BCUT2D eigenvalue weighted by molar-refractivity contribution is 7.17. The van der Waals surface area contributed by atoms with E-state index in [1.807, 2.05) is 48.5 Å². The van der Waals surface area contributed by atoms with E-state index in [0.717, 1.165) is 33.6 Å². The topological polar surface area (TPSA) is 161 Å². The van der Waals surface area contributed by atoms with Gasteiger partial charge in [-0.05, 0) is 41.8 Å². The molecule has 5 N–H and O–H groups in total. The number of aromatic amines is 1. The second-order valence-corrected chi connectivity index (χ2v) is 10.3. The number of methoxy groups -OCH3 is 1. The van der Waals surface area contributed by atoms with Gasteiger partial charge in [-0.3, -0.25) is 14.5 Å². The number of hydrogen-bond donors (Lipinski definition) is 5. The molecule has 0 fully saturated rings. The molecule has 40 heavy (non-hydrogen) atoms. The quantitative estimate of drug-likeness (QED) is 0.204. The van der Waals surface area contributed by atoms with Gasteiger partial charge in [-0.2, -0.15) is 0 Å². The first-order chi connectivity index (χ1) is 19.2. The number of thiophene rings is 1. The van der Waals surface area contributed by atoms with E-state index in [9.17, 15) is 24.3 Å². The number of carbonyl (C=O) groups is 4. The van der Waals surface area contributed by atoms with Crippen molar-refractivity contribution in [2.45, 2.75) is 19.0 Å². The summed E-state index contributed by atoms with van der Waals surface area (Å²) < 4.78 is 5.25. The van der Waals surface area contributed by atoms with E-state index < -0.39 is 23.9 Å². The minimum absolute atomic E-state index is 0.0388. The highest BCUT2D eigenvalue weighted by Crippen LogP contribution is 2.43. The number of hydrogen-bond acceptors (Lipinski definition) is 7. The third-order valence-corrected chi connectivity index (χ3v) is 8.09. The zero-order valence-electron chi connectivity index (χ0n) is 21.4. The fourth-order valence-electron chi connectivity index (χ4n) is 4.90. The van der Waals surface area contributed by atoms with Crippen LogP contribution in [0.2, 0.25) is 0 Å². The largest absolute Gasteiger partial charge is 0.497 e. The number of aromatic carboxylic acids is 1. The van der Waals surface area contributed by atoms with Gasteiger partial charge in [0.1, 0.15) is 16.4 Å². The Balaban J connectivity index is 1.46. The summed E-state index contributed by atoms with van der Waals surface area (Å²) in [6.45, 7) is 1.14. The van der Waals surface area contributed by atoms with E-state index in [0.29, 0.717) is 35.6 Å². The third-order valence-electron chi connectivity index (χ3n) is 6.84. The number of nitrogens with one attached hydrogen (secondary N) is 3. The Bertz CT molecular complexity index is 1580. The van der Waals surface area contributed by atoms with Crippen molar-refractivity contribution in [3.8, 4) is 5.75 Å². The molecule has 11 nitrogen and oxygen atoms in total. The van der Waals surface area contributed by atoms with Crippen LogP contribution in [0.5, 0.6) is 5.75 Å². The lowest BCUT2D eigenvalue weighted by atomic mass is 9.96. The molecule has 1 atom stereocenters. The van der Waals surface area contributed by atoms with Crippen LogP contribution in [0.3, 0.4) is 0 Å². The summed E-state index contributed by atoms with van der Waals surface area (Å²) >= 11 is 1.02. The van der Waals surface area contributed by atoms with Crippen molar-refractivity contribution in [3.05, 3.63) is 81.9 Å². The molecule has 1 unspecified atom stereocenters. The molecular weight excluding hydrogens is 536 g/mol. The normalized spacial score (nSPS) is 14.9. The Kier molecular flexibility index (Phi) is 7.54. The van der Waals surface area contributed by atoms with Gasteiger partial charge in [-0.25, -0.2) is 9.59 Å². The Morgan fingerprint density at radius 3 is 2.52 bits per heavy atom. The predicted octanol–water partition coefficient (Wildman–Crippen LogP) is 3.49. The maximum absolute atomic E-state index is 13.1. The second kappa shape index (κ2) is 11.2. The van der Waals surface area contributed by atoms with E-state index in [1.54, 1.807) is 13.2 Å². The number of fused-ring (bicyclic) bond motifs is 2. The lowest BCUT2D eigenvalue weighted by molar-refractivity contribution is -0.147. The molecule has 0 saturated heterocycles. The number of ether oxygens (including phenoxy) is 1. The molecule has 2 aromatic heterocycles. The van der Waals surface area contributed by atoms with Crippen LogP contribution >= 0.6 is 11.3 Å². The van der Waals surface area contributed by atoms with Crippen molar-refractivity contribution < 1.29 is 34.1 Å². The minimum atomic E-state index is -1.72. The molecule has 0 bridgehead atoms. The van der Waals surface area contributed by atoms with Gasteiger partial charge in [-0.1, -0.05) is 30.3 Å². The summed E-state index contributed by atoms with van der Waals surface area (Å²) in [5.74, 6) is -3.90. The summed E-state index contributed by atoms with van der Waals surface area (Å²) in [6, 6.07) is 16.4. The minimum Gasteiger partial charge on any atom is -0.497 e. The predicted molar refractivity (Wildman–Crippen MR) is 148 cm³/mol. The van der Waals surface area contributed by atoms with Crippen LogP contribution in [0.1, 0.15) is 42.9 Å². The Hall–Kier alpha value is -4.68. The first-order valence-electron chi connectivity index (χ1n) is 12.4. The molecule has 2 aromatic carbocycles. The third kappa shape index (κ3) is 5.40. The average molecular weight is 563 g/mol. The number of anilines is 1. The van der Waals surface area contributed by atoms with Crippen LogP contribution in [0.25, 0.3) is 10.9 Å². The SMILES string of the molecule is COc1ccc(CN2CCc3c(sc(NC(=O)C(=O)O)c3C(=O)O)C2CNC(=O)c2cc3ccccc3[nH]2)cc1. The number of carbonyl (C=O) groups excluding carboxylic acids is 2. The molecule has 0 aliphatic carbocycles. The molecule has 0 spiro atoms. The van der Waals surface area contributed by atoms with Crippen LogP contribution in [-0.4, -0.2) is 64.0 Å². The van der Waals surface area contributed by atoms with Crippen molar-refractivity contribution in [1.82, 2.24) is 15.2 Å². The molecule has 1 aliphatic heterocycles. The van der Waals surface area contributed by atoms with Gasteiger partial charge in [0.25, 0.3) is 5.91 Å². The van der Waals surface area contributed by atoms with Gasteiger partial charge >= 0.3 is 17.8 Å². The number of amides is 2. The highest BCUT2D eigenvalue weighted by Gasteiger charge is 2.35. The first-order valence-corrected chi connectivity index (χ1v) is 13.2. The highest BCUT2D eigenvalue weighted by atomic mass is 32.1. The van der Waals surface area contributed by atoms with E-state index in [4.69, 9.17) is 9.84 Å². The lowest BCUT2D eigenvalue weighted by Gasteiger charge is -2.36. The van der Waals surface area contributed by atoms with Gasteiger partial charge in [0.15, 0.2) is 0 Å². The van der Waals surface area contributed by atoms with Crippen molar-refractivity contribution in [2.75, 3.05) is 25.5 Å². The van der Waals surface area contributed by atoms with Gasteiger partial charge < -0.3 is 30.6 Å². The standard InChI is InChI=1S/C28H26N4O7S/c1-39-17-8-6-15(7-9-17)14-32-11-10-18-22(27(35)36)26(31-25(34)28(37)38)40-23(18)21(32)13-29-24(33)20-12-16-4-2-3-5-19(16)30-20/h2-9,12,21,30H,10-11,13-14H2,1H3,(H,29,33)(H,31,34)(H,35,36)(H,37,38). The molecule has 2 amide bonds. The number of carboxylic acids is 2. The number of aromatic nitrogens is 1. The zero-order chi connectivity index (χ0) is 28.4.